The lowest BCUT2D eigenvalue weighted by Crippen LogP contribution is -2.02. The summed E-state index contributed by atoms with van der Waals surface area (Å²) in [5.74, 6) is 3.48. The highest BCUT2D eigenvalue weighted by atomic mass is 16.7. The third-order valence-corrected chi connectivity index (χ3v) is 4.42. The average Bonchev–Trinajstić information content (AvgIpc) is 3.09. The van der Waals surface area contributed by atoms with Crippen LogP contribution in [-0.2, 0) is 0 Å². The number of hydrogen-bond donors (Lipinski definition) is 0. The Morgan fingerprint density at radius 3 is 2.40 bits per heavy atom. The van der Waals surface area contributed by atoms with E-state index in [1.54, 1.807) is 0 Å². The van der Waals surface area contributed by atoms with Crippen LogP contribution >= 0.6 is 0 Å². The Balaban J connectivity index is 1.81. The van der Waals surface area contributed by atoms with Crippen LogP contribution in [-0.4, -0.2) is 20.0 Å². The van der Waals surface area contributed by atoms with Crippen LogP contribution in [0.5, 0.6) is 23.0 Å². The average molecular weight is 342 g/mol. The topological polar surface area (TPSA) is 36.9 Å². The van der Waals surface area contributed by atoms with Gasteiger partial charge in [-0.15, -0.1) is 0 Å². The fourth-order valence-electron chi connectivity index (χ4n) is 2.92. The van der Waals surface area contributed by atoms with Gasteiger partial charge in [0.1, 0.15) is 11.5 Å². The van der Waals surface area contributed by atoms with E-state index >= 15 is 0 Å². The molecular formula is C21H26O4. The number of fused-ring (bicyclic) bond motifs is 1. The minimum atomic E-state index is 0.181. The Kier molecular flexibility index (Phi) is 5.69. The van der Waals surface area contributed by atoms with Crippen LogP contribution < -0.4 is 18.9 Å². The van der Waals surface area contributed by atoms with Crippen molar-refractivity contribution in [3.05, 3.63) is 47.5 Å². The van der Waals surface area contributed by atoms with E-state index in [1.165, 1.54) is 5.56 Å². The van der Waals surface area contributed by atoms with E-state index in [9.17, 15) is 0 Å². The highest BCUT2D eigenvalue weighted by molar-refractivity contribution is 5.54. The van der Waals surface area contributed by atoms with Gasteiger partial charge >= 0.3 is 0 Å². The molecule has 3 rings (SSSR count). The highest BCUT2D eigenvalue weighted by Gasteiger charge is 2.22. The molecule has 0 fully saturated rings. The lowest BCUT2D eigenvalue weighted by Gasteiger charge is -2.18. The van der Waals surface area contributed by atoms with Crippen LogP contribution in [0.2, 0.25) is 0 Å². The SMILES string of the molecule is CCCCOc1ccc(C(C)c2cc3c(cc2OCC)OCO3)cc1. The number of rotatable bonds is 8. The Labute approximate surface area is 149 Å². The van der Waals surface area contributed by atoms with Crippen LogP contribution in [0.1, 0.15) is 50.7 Å². The van der Waals surface area contributed by atoms with Gasteiger partial charge in [-0.3, -0.25) is 0 Å². The van der Waals surface area contributed by atoms with Gasteiger partial charge in [-0.1, -0.05) is 32.4 Å². The molecule has 1 atom stereocenters. The molecule has 2 aromatic carbocycles. The zero-order chi connectivity index (χ0) is 17.6. The van der Waals surface area contributed by atoms with E-state index in [0.29, 0.717) is 6.61 Å². The maximum atomic E-state index is 5.83. The van der Waals surface area contributed by atoms with E-state index in [0.717, 1.165) is 48.0 Å². The number of unbranched alkanes of at least 4 members (excludes halogenated alkanes) is 1. The van der Waals surface area contributed by atoms with Crippen molar-refractivity contribution in [1.82, 2.24) is 0 Å². The summed E-state index contributed by atoms with van der Waals surface area (Å²) in [7, 11) is 0. The van der Waals surface area contributed by atoms with Crippen molar-refractivity contribution in [1.29, 1.82) is 0 Å². The fraction of sp³-hybridized carbons (Fsp3) is 0.429. The van der Waals surface area contributed by atoms with Gasteiger partial charge in [0.15, 0.2) is 11.5 Å². The monoisotopic (exact) mass is 342 g/mol. The van der Waals surface area contributed by atoms with Crippen LogP contribution in [0.4, 0.5) is 0 Å². The summed E-state index contributed by atoms with van der Waals surface area (Å²) in [6.07, 6.45) is 2.21. The summed E-state index contributed by atoms with van der Waals surface area (Å²) in [6, 6.07) is 12.3. The summed E-state index contributed by atoms with van der Waals surface area (Å²) in [5.41, 5.74) is 2.31. The largest absolute Gasteiger partial charge is 0.494 e. The van der Waals surface area contributed by atoms with E-state index in [-0.39, 0.29) is 12.7 Å². The fourth-order valence-corrected chi connectivity index (χ4v) is 2.92. The van der Waals surface area contributed by atoms with E-state index < -0.39 is 0 Å². The Hall–Kier alpha value is -2.36. The lowest BCUT2D eigenvalue weighted by atomic mass is 9.92. The van der Waals surface area contributed by atoms with Crippen molar-refractivity contribution in [2.75, 3.05) is 20.0 Å². The molecule has 4 nitrogen and oxygen atoms in total. The molecular weight excluding hydrogens is 316 g/mol. The molecule has 0 bridgehead atoms. The molecule has 1 heterocycles. The number of hydrogen-bond acceptors (Lipinski definition) is 4. The second kappa shape index (κ2) is 8.15. The van der Waals surface area contributed by atoms with Gasteiger partial charge in [0.25, 0.3) is 0 Å². The molecule has 0 saturated heterocycles. The standard InChI is InChI=1S/C21H26O4/c1-4-6-11-23-17-9-7-16(8-10-17)15(3)18-12-20-21(25-14-24-20)13-19(18)22-5-2/h7-10,12-13,15H,4-6,11,14H2,1-3H3. The molecule has 0 spiro atoms. The molecule has 134 valence electrons. The molecule has 0 aliphatic carbocycles. The maximum absolute atomic E-state index is 5.83. The van der Waals surface area contributed by atoms with Crippen molar-refractivity contribution >= 4 is 0 Å². The van der Waals surface area contributed by atoms with Crippen molar-refractivity contribution in [3.63, 3.8) is 0 Å². The predicted molar refractivity (Wildman–Crippen MR) is 98.1 cm³/mol. The normalized spacial score (nSPS) is 13.6. The quantitative estimate of drug-likeness (QED) is 0.622. The van der Waals surface area contributed by atoms with Gasteiger partial charge in [-0.25, -0.2) is 0 Å². The molecule has 1 aliphatic rings. The van der Waals surface area contributed by atoms with Crippen molar-refractivity contribution in [2.45, 2.75) is 39.5 Å². The first-order chi connectivity index (χ1) is 12.2. The van der Waals surface area contributed by atoms with Crippen LogP contribution in [0, 0.1) is 0 Å². The zero-order valence-electron chi connectivity index (χ0n) is 15.2. The van der Waals surface area contributed by atoms with Crippen LogP contribution in [0.3, 0.4) is 0 Å². The Bertz CT molecular complexity index is 694. The van der Waals surface area contributed by atoms with Crippen molar-refractivity contribution in [2.24, 2.45) is 0 Å². The number of benzene rings is 2. The molecule has 0 radical (unpaired) electrons. The van der Waals surface area contributed by atoms with Crippen molar-refractivity contribution < 1.29 is 18.9 Å². The molecule has 2 aromatic rings. The van der Waals surface area contributed by atoms with Crippen LogP contribution in [0.15, 0.2) is 36.4 Å². The van der Waals surface area contributed by atoms with Gasteiger partial charge < -0.3 is 18.9 Å². The molecule has 1 unspecified atom stereocenters. The molecule has 0 aromatic heterocycles. The first-order valence-corrected chi connectivity index (χ1v) is 9.02. The minimum absolute atomic E-state index is 0.181. The van der Waals surface area contributed by atoms with Gasteiger partial charge in [-0.2, -0.15) is 0 Å². The summed E-state index contributed by atoms with van der Waals surface area (Å²) >= 11 is 0. The summed E-state index contributed by atoms with van der Waals surface area (Å²) in [4.78, 5) is 0. The highest BCUT2D eigenvalue weighted by Crippen LogP contribution is 2.42. The minimum Gasteiger partial charge on any atom is -0.494 e. The first kappa shape index (κ1) is 17.5. The van der Waals surface area contributed by atoms with Crippen LogP contribution in [0.25, 0.3) is 0 Å². The summed E-state index contributed by atoms with van der Waals surface area (Å²) < 4.78 is 22.6. The third kappa shape index (κ3) is 4.01. The second-order valence-corrected chi connectivity index (χ2v) is 6.17. The number of ether oxygens (including phenoxy) is 4. The molecule has 1 aliphatic heterocycles. The summed E-state index contributed by atoms with van der Waals surface area (Å²) in [5, 5.41) is 0. The molecule has 4 heteroatoms. The van der Waals surface area contributed by atoms with E-state index in [2.05, 4.69) is 26.0 Å². The summed E-state index contributed by atoms with van der Waals surface area (Å²) in [6.45, 7) is 7.97. The molecule has 0 amide bonds. The smallest absolute Gasteiger partial charge is 0.231 e. The predicted octanol–water partition coefficient (Wildman–Crippen LogP) is 5.14. The van der Waals surface area contributed by atoms with Gasteiger partial charge in [0.2, 0.25) is 6.79 Å². The van der Waals surface area contributed by atoms with Crippen molar-refractivity contribution in [3.8, 4) is 23.0 Å². The van der Waals surface area contributed by atoms with Gasteiger partial charge in [0.05, 0.1) is 13.2 Å². The van der Waals surface area contributed by atoms with E-state index in [4.69, 9.17) is 18.9 Å². The van der Waals surface area contributed by atoms with Gasteiger partial charge in [0, 0.05) is 17.5 Å². The third-order valence-electron chi connectivity index (χ3n) is 4.42. The second-order valence-electron chi connectivity index (χ2n) is 6.17. The lowest BCUT2D eigenvalue weighted by molar-refractivity contribution is 0.173. The van der Waals surface area contributed by atoms with E-state index in [1.807, 2.05) is 31.2 Å². The first-order valence-electron chi connectivity index (χ1n) is 9.02. The zero-order valence-corrected chi connectivity index (χ0v) is 15.2. The van der Waals surface area contributed by atoms with Gasteiger partial charge in [-0.05, 0) is 37.1 Å². The molecule has 25 heavy (non-hydrogen) atoms. The Morgan fingerprint density at radius 2 is 1.72 bits per heavy atom. The Morgan fingerprint density at radius 1 is 1.00 bits per heavy atom. The molecule has 0 saturated carbocycles. The maximum Gasteiger partial charge on any atom is 0.231 e. The molecule has 0 N–H and O–H groups in total.